The standard InChI is InChI=1S/C20H22O6S2.C18H18O8S2.C7H5ClO3S.C7H6O4S.C7H6O.C5H13O3P.C4H10O2.Cl2OS.ClHO3S/c1-3-17-7-11-19(12-8-17)27(21,22)25-15-5-6-16-26-28(23,24)20-13-9-18(4-2)10-14-20;19-13-15-3-7-17(8-4-15)27(21,22)25-11-1-2-12-26-28(23,24)18-9-5-16(14-20)6-10-18;8-12(10,11)7-3-1-6(5-9)2-4-7;8-5-6-1-3-7(4-2-6)12(9,10)11;8-6-7-4-2-1-3-5-7;1-4-7-9(3,6)8-5-2;5-3-1-2-4-6;1-4(2)3;1-5(2,3)4/h3-4,7-14H,1-2,5-6,15-16H2;3-10,13-14H,1-2,11-12H2;1-5H;1-5H,(H,9,10,11);1-6H;4-5H2,1-3H3;5-6H,1-4H2;;(H,2,3,4). The fourth-order valence-electron chi connectivity index (χ4n) is 7.01. The molecule has 0 aliphatic rings. The number of aldehydes is 5. The van der Waals surface area contributed by atoms with Gasteiger partial charge in [-0.2, -0.15) is 50.5 Å². The summed E-state index contributed by atoms with van der Waals surface area (Å²) in [7, 11) is -13.9. The Hall–Kier alpha value is -6.84. The number of hydrogen-bond acceptors (Lipinski definition) is 29. The van der Waals surface area contributed by atoms with Gasteiger partial charge in [-0.15, -0.1) is 0 Å². The van der Waals surface area contributed by atoms with Crippen molar-refractivity contribution in [2.45, 2.75) is 81.7 Å². The van der Waals surface area contributed by atoms with Crippen molar-refractivity contribution >= 4 is 172 Å². The van der Waals surface area contributed by atoms with Crippen molar-refractivity contribution in [2.24, 2.45) is 0 Å². The smallest absolute Gasteiger partial charge is 0.353 e. The van der Waals surface area contributed by atoms with Gasteiger partial charge < -0.3 is 19.3 Å². The summed E-state index contributed by atoms with van der Waals surface area (Å²) in [6.07, 6.45) is 9.08. The van der Waals surface area contributed by atoms with Gasteiger partial charge in [0.2, 0.25) is 9.23 Å². The number of carbonyl (C=O) groups is 5. The Balaban J connectivity index is 0. The Morgan fingerprint density at radius 2 is 0.580 bits per heavy atom. The van der Waals surface area contributed by atoms with E-state index in [-0.39, 0.29) is 81.9 Å². The number of carbonyl (C=O) groups excluding carboxylic acids is 5. The predicted molar refractivity (Wildman–Crippen MR) is 424 cm³/mol. The highest BCUT2D eigenvalue weighted by atomic mass is 36.0. The normalized spacial score (nSPS) is 11.2. The number of aliphatic hydroxyl groups excluding tert-OH is 2. The van der Waals surface area contributed by atoms with Gasteiger partial charge in [0.25, 0.3) is 59.6 Å². The van der Waals surface area contributed by atoms with Gasteiger partial charge in [0.15, 0.2) is 0 Å². The van der Waals surface area contributed by atoms with E-state index in [4.69, 9.17) is 68.4 Å². The minimum Gasteiger partial charge on any atom is -0.396 e. The second kappa shape index (κ2) is 57.2. The molecule has 0 bridgehead atoms. The third-order valence-electron chi connectivity index (χ3n) is 12.3. The van der Waals surface area contributed by atoms with Crippen LogP contribution in [0.5, 0.6) is 0 Å². The molecule has 0 spiro atoms. The topological polar surface area (TPSA) is 495 Å². The van der Waals surface area contributed by atoms with Crippen molar-refractivity contribution in [2.75, 3.05) is 59.5 Å². The van der Waals surface area contributed by atoms with Crippen LogP contribution >= 0.6 is 50.3 Å². The number of benzene rings is 7. The summed E-state index contributed by atoms with van der Waals surface area (Å²) in [5.41, 5.74) is 3.80. The van der Waals surface area contributed by atoms with Crippen LogP contribution < -0.4 is 0 Å². The van der Waals surface area contributed by atoms with E-state index in [1.54, 1.807) is 62.4 Å². The van der Waals surface area contributed by atoms with Gasteiger partial charge in [0.1, 0.15) is 31.4 Å². The van der Waals surface area contributed by atoms with Gasteiger partial charge in [-0.25, -0.2) is 12.6 Å². The first-order valence-corrected chi connectivity index (χ1v) is 47.9. The molecule has 4 N–H and O–H groups in total. The van der Waals surface area contributed by atoms with Crippen LogP contribution in [0.15, 0.2) is 218 Å². The van der Waals surface area contributed by atoms with Gasteiger partial charge in [-0.3, -0.25) is 54.4 Å². The summed E-state index contributed by atoms with van der Waals surface area (Å²) >= 11 is 0. The first-order valence-electron chi connectivity index (χ1n) is 31.5. The van der Waals surface area contributed by atoms with E-state index in [1.807, 2.05) is 18.2 Å². The lowest BCUT2D eigenvalue weighted by Gasteiger charge is -2.10. The van der Waals surface area contributed by atoms with Gasteiger partial charge in [0.05, 0.1) is 69.0 Å². The summed E-state index contributed by atoms with van der Waals surface area (Å²) in [5.74, 6) is 0. The summed E-state index contributed by atoms with van der Waals surface area (Å²) < 4.78 is 222. The maximum atomic E-state index is 12.1. The van der Waals surface area contributed by atoms with Gasteiger partial charge in [0, 0.05) is 90.4 Å². The zero-order chi connectivity index (χ0) is 85.7. The van der Waals surface area contributed by atoms with Crippen LogP contribution in [-0.2, 0) is 109 Å². The molecule has 0 heterocycles. The van der Waals surface area contributed by atoms with Crippen molar-refractivity contribution in [1.29, 1.82) is 0 Å². The second-order valence-electron chi connectivity index (χ2n) is 20.6. The van der Waals surface area contributed by atoms with Crippen LogP contribution in [0.2, 0.25) is 0 Å². The van der Waals surface area contributed by atoms with E-state index in [0.29, 0.717) is 73.5 Å². The average Bonchev–Trinajstić information content (AvgIpc) is 0.855. The Morgan fingerprint density at radius 3 is 0.759 bits per heavy atom. The third kappa shape index (κ3) is 51.8. The highest BCUT2D eigenvalue weighted by molar-refractivity contribution is 8.26. The summed E-state index contributed by atoms with van der Waals surface area (Å²) in [4.78, 5) is 51.3. The molecule has 112 heavy (non-hydrogen) atoms. The first-order chi connectivity index (χ1) is 52.3. The van der Waals surface area contributed by atoms with Gasteiger partial charge in [-0.1, -0.05) is 128 Å². The average molecular weight is 1820 g/mol. The largest absolute Gasteiger partial charge is 0.396 e. The quantitative estimate of drug-likeness (QED) is 0.00727. The maximum absolute atomic E-state index is 12.1. The van der Waals surface area contributed by atoms with E-state index in [2.05, 4.69) is 45.2 Å². The molecule has 7 aromatic carbocycles. The lowest BCUT2D eigenvalue weighted by molar-refractivity contribution is 0.111. The van der Waals surface area contributed by atoms with E-state index in [1.165, 1.54) is 128 Å². The predicted octanol–water partition coefficient (Wildman–Crippen LogP) is 12.4. The van der Waals surface area contributed by atoms with Crippen LogP contribution in [0.3, 0.4) is 0 Å². The molecule has 0 fully saturated rings. The Morgan fingerprint density at radius 1 is 0.375 bits per heavy atom. The number of unbranched alkanes of at least 4 members (excludes halogenated alkanes) is 3. The monoisotopic (exact) mass is 1820 g/mol. The molecule has 44 heteroatoms. The van der Waals surface area contributed by atoms with Crippen LogP contribution in [0, 0.1) is 0 Å². The molecule has 7 rings (SSSR count). The number of rotatable bonds is 34. The molecule has 0 saturated heterocycles. The third-order valence-corrected chi connectivity index (χ3v) is 21.3. The maximum Gasteiger partial charge on any atom is 0.353 e. The Labute approximate surface area is 672 Å². The van der Waals surface area contributed by atoms with Crippen molar-refractivity contribution < 1.29 is 137 Å². The molecular weight excluding hydrogens is 1740 g/mol. The van der Waals surface area contributed by atoms with E-state index < -0.39 is 85.8 Å². The van der Waals surface area contributed by atoms with Crippen LogP contribution in [0.1, 0.15) is 115 Å². The Kier molecular flexibility index (Phi) is 54.8. The molecule has 0 saturated carbocycles. The van der Waals surface area contributed by atoms with Crippen molar-refractivity contribution in [3.05, 3.63) is 228 Å². The van der Waals surface area contributed by atoms with Gasteiger partial charge >= 0.3 is 16.9 Å². The van der Waals surface area contributed by atoms with E-state index in [0.717, 1.165) is 35.8 Å². The van der Waals surface area contributed by atoms with Crippen LogP contribution in [0.25, 0.3) is 12.2 Å². The number of aliphatic hydroxyl groups is 2. The summed E-state index contributed by atoms with van der Waals surface area (Å²) in [6, 6.07) is 42.2. The molecule has 0 radical (unpaired) electrons. The van der Waals surface area contributed by atoms with Crippen molar-refractivity contribution in [3.8, 4) is 0 Å². The summed E-state index contributed by atoms with van der Waals surface area (Å²) in [5, 5.41) is 16.2. The highest BCUT2D eigenvalue weighted by Crippen LogP contribution is 2.43. The molecule has 0 aromatic heterocycles. The van der Waals surface area contributed by atoms with Crippen molar-refractivity contribution in [1.82, 2.24) is 0 Å². The molecule has 7 aromatic rings. The molecule has 620 valence electrons. The molecule has 0 atom stereocenters. The number of hydrogen-bond donors (Lipinski definition) is 4. The molecular formula is C68H81Cl4O31PS8. The number of halogens is 4. The molecule has 31 nitrogen and oxygen atoms in total. The summed E-state index contributed by atoms with van der Waals surface area (Å²) in [6.45, 7) is 13.1. The molecule has 0 unspecified atom stereocenters. The molecule has 0 amide bonds. The minimum atomic E-state index is -4.19. The van der Waals surface area contributed by atoms with E-state index >= 15 is 0 Å². The SMILES string of the molecule is C=Cc1ccc(S(=O)(=O)OCCCCOS(=O)(=O)c2ccc(C=C)cc2)cc1.CCOP(C)(=O)OCC.O=Cc1ccc(S(=O)(=O)Cl)cc1.O=Cc1ccc(S(=O)(=O)O)cc1.O=Cc1ccc(S(=O)(=O)OCCCCOS(=O)(=O)c2ccc(C=O)cc2)cc1.O=Cc1ccccc1.O=S(=O)(O)Cl.O=S(Cl)Cl.OCCCCO. The van der Waals surface area contributed by atoms with Crippen molar-refractivity contribution in [3.63, 3.8) is 0 Å². The lowest BCUT2D eigenvalue weighted by atomic mass is 10.2. The van der Waals surface area contributed by atoms with Crippen LogP contribution in [0.4, 0.5) is 0 Å². The Bertz CT molecular complexity index is 4440. The molecule has 0 aliphatic heterocycles. The first kappa shape index (κ1) is 107. The molecule has 0 aliphatic carbocycles. The van der Waals surface area contributed by atoms with Gasteiger partial charge in [-0.05, 0) is 136 Å². The lowest BCUT2D eigenvalue weighted by Crippen LogP contribution is -2.10. The zero-order valence-corrected chi connectivity index (χ0v) is 70.1. The second-order valence-corrected chi connectivity index (χ2v) is 37.6. The minimum absolute atomic E-state index is 0.00485. The fraction of sp³-hybridized carbons (Fsp3) is 0.250. The highest BCUT2D eigenvalue weighted by Gasteiger charge is 2.20. The fourth-order valence-corrected chi connectivity index (χ4v) is 13.0. The van der Waals surface area contributed by atoms with E-state index in [9.17, 15) is 79.0 Å². The zero-order valence-electron chi connectivity index (χ0n) is 59.6. The van der Waals surface area contributed by atoms with Crippen LogP contribution in [-0.4, -0.2) is 173 Å².